The maximum Gasteiger partial charge on any atom is 0.205 e. The summed E-state index contributed by atoms with van der Waals surface area (Å²) in [6.07, 6.45) is 0.985. The van der Waals surface area contributed by atoms with E-state index in [-0.39, 0.29) is 0 Å². The van der Waals surface area contributed by atoms with Crippen LogP contribution >= 0.6 is 11.3 Å². The molecular weight excluding hydrogens is 272 g/mol. The van der Waals surface area contributed by atoms with E-state index in [1.54, 1.807) is 11.3 Å². The molecule has 8 heteroatoms. The molecule has 0 bridgehead atoms. The lowest BCUT2D eigenvalue weighted by molar-refractivity contribution is 0.295. The molecule has 0 aliphatic carbocycles. The molecule has 18 heavy (non-hydrogen) atoms. The van der Waals surface area contributed by atoms with Crippen molar-refractivity contribution in [3.8, 4) is 0 Å². The lowest BCUT2D eigenvalue weighted by Gasteiger charge is -2.26. The van der Waals surface area contributed by atoms with Gasteiger partial charge in [0.15, 0.2) is 9.84 Å². The van der Waals surface area contributed by atoms with Gasteiger partial charge in [-0.1, -0.05) is 11.3 Å². The highest BCUT2D eigenvalue weighted by Crippen LogP contribution is 2.13. The fourth-order valence-corrected chi connectivity index (χ4v) is 3.73. The fourth-order valence-electron chi connectivity index (χ4n) is 1.84. The molecule has 2 rings (SSSR count). The number of nitrogens with zero attached hydrogens (tertiary/aromatic N) is 3. The molecule has 1 aromatic rings. The van der Waals surface area contributed by atoms with Crippen LogP contribution in [0.2, 0.25) is 0 Å². The van der Waals surface area contributed by atoms with Crippen LogP contribution in [0.15, 0.2) is 0 Å². The quantitative estimate of drug-likeness (QED) is 0.790. The van der Waals surface area contributed by atoms with Crippen molar-refractivity contribution in [3.05, 3.63) is 5.01 Å². The molecule has 1 fully saturated rings. The fraction of sp³-hybridized carbons (Fsp3) is 0.800. The standard InChI is InChI=1S/C10H18N4O2S2/c1-9-12-13-10(17-9)11-3-2-4-14-5-7-18(15,16)8-6-14/h2-8H2,1H3,(H,11,13). The Morgan fingerprint density at radius 2 is 2.06 bits per heavy atom. The van der Waals surface area contributed by atoms with Crippen LogP contribution in [-0.2, 0) is 9.84 Å². The van der Waals surface area contributed by atoms with E-state index in [1.165, 1.54) is 0 Å². The van der Waals surface area contributed by atoms with E-state index >= 15 is 0 Å². The van der Waals surface area contributed by atoms with E-state index in [4.69, 9.17) is 0 Å². The molecule has 0 unspecified atom stereocenters. The van der Waals surface area contributed by atoms with Gasteiger partial charge in [0.1, 0.15) is 5.01 Å². The number of hydrogen-bond donors (Lipinski definition) is 1. The van der Waals surface area contributed by atoms with Crippen molar-refractivity contribution in [1.29, 1.82) is 0 Å². The third-order valence-electron chi connectivity index (χ3n) is 2.89. The maximum atomic E-state index is 11.3. The van der Waals surface area contributed by atoms with E-state index in [2.05, 4.69) is 20.4 Å². The highest BCUT2D eigenvalue weighted by Gasteiger charge is 2.20. The van der Waals surface area contributed by atoms with Gasteiger partial charge in [0, 0.05) is 19.6 Å². The highest BCUT2D eigenvalue weighted by atomic mass is 32.2. The Labute approximate surface area is 111 Å². The minimum atomic E-state index is -2.76. The van der Waals surface area contributed by atoms with E-state index in [0.717, 1.165) is 29.6 Å². The van der Waals surface area contributed by atoms with E-state index in [1.807, 2.05) is 6.92 Å². The first kappa shape index (κ1) is 13.7. The molecule has 0 amide bonds. The number of rotatable bonds is 5. The molecule has 1 aliphatic heterocycles. The molecule has 0 atom stereocenters. The van der Waals surface area contributed by atoms with Crippen LogP contribution in [0, 0.1) is 6.92 Å². The zero-order valence-corrected chi connectivity index (χ0v) is 12.1. The molecule has 102 valence electrons. The molecule has 6 nitrogen and oxygen atoms in total. The smallest absolute Gasteiger partial charge is 0.205 e. The van der Waals surface area contributed by atoms with Crippen molar-refractivity contribution in [2.45, 2.75) is 13.3 Å². The van der Waals surface area contributed by atoms with Crippen LogP contribution in [0.4, 0.5) is 5.13 Å². The van der Waals surface area contributed by atoms with E-state index in [9.17, 15) is 8.42 Å². The molecule has 1 aliphatic rings. The molecule has 1 aromatic heterocycles. The lowest BCUT2D eigenvalue weighted by Crippen LogP contribution is -2.41. The molecule has 0 spiro atoms. The van der Waals surface area contributed by atoms with Crippen molar-refractivity contribution in [2.75, 3.05) is 43.0 Å². The van der Waals surface area contributed by atoms with Crippen molar-refractivity contribution in [3.63, 3.8) is 0 Å². The van der Waals surface area contributed by atoms with Gasteiger partial charge in [-0.25, -0.2) is 8.42 Å². The molecule has 1 N–H and O–H groups in total. The largest absolute Gasteiger partial charge is 0.360 e. The summed E-state index contributed by atoms with van der Waals surface area (Å²) in [6.45, 7) is 5.04. The summed E-state index contributed by atoms with van der Waals surface area (Å²) in [5, 5.41) is 12.9. The van der Waals surface area contributed by atoms with Crippen molar-refractivity contribution in [2.24, 2.45) is 0 Å². The molecule has 1 saturated heterocycles. The molecule has 2 heterocycles. The number of aryl methyl sites for hydroxylation is 1. The monoisotopic (exact) mass is 290 g/mol. The summed E-state index contributed by atoms with van der Waals surface area (Å²) in [4.78, 5) is 2.20. The third kappa shape index (κ3) is 4.18. The molecule has 0 radical (unpaired) electrons. The number of nitrogens with one attached hydrogen (secondary N) is 1. The normalized spacial score (nSPS) is 19.8. The minimum Gasteiger partial charge on any atom is -0.360 e. The van der Waals surface area contributed by atoms with E-state index < -0.39 is 9.84 Å². The average molecular weight is 290 g/mol. The topological polar surface area (TPSA) is 75.2 Å². The van der Waals surface area contributed by atoms with E-state index in [0.29, 0.717) is 24.6 Å². The van der Waals surface area contributed by atoms with Gasteiger partial charge in [-0.15, -0.1) is 10.2 Å². The summed E-state index contributed by atoms with van der Waals surface area (Å²) in [5.74, 6) is 0.603. The van der Waals surface area contributed by atoms with Gasteiger partial charge < -0.3 is 10.2 Å². The maximum absolute atomic E-state index is 11.3. The van der Waals surface area contributed by atoms with Crippen LogP contribution in [0.1, 0.15) is 11.4 Å². The molecular formula is C10H18N4O2S2. The van der Waals surface area contributed by atoms with Gasteiger partial charge in [-0.2, -0.15) is 0 Å². The second-order valence-electron chi connectivity index (χ2n) is 4.40. The van der Waals surface area contributed by atoms with Gasteiger partial charge in [-0.3, -0.25) is 0 Å². The van der Waals surface area contributed by atoms with Crippen molar-refractivity contribution >= 4 is 26.3 Å². The number of anilines is 1. The Morgan fingerprint density at radius 1 is 1.33 bits per heavy atom. The predicted octanol–water partition coefficient (Wildman–Crippen LogP) is 0.379. The predicted molar refractivity (Wildman–Crippen MR) is 72.8 cm³/mol. The third-order valence-corrected chi connectivity index (χ3v) is 5.30. The summed E-state index contributed by atoms with van der Waals surface area (Å²) < 4.78 is 22.5. The zero-order valence-electron chi connectivity index (χ0n) is 10.4. The first-order chi connectivity index (χ1) is 8.55. The summed E-state index contributed by atoms with van der Waals surface area (Å²) in [5.41, 5.74) is 0. The van der Waals surface area contributed by atoms with Gasteiger partial charge in [0.25, 0.3) is 0 Å². The lowest BCUT2D eigenvalue weighted by atomic mass is 10.3. The Balaban J connectivity index is 1.62. The first-order valence-corrected chi connectivity index (χ1v) is 8.66. The van der Waals surface area contributed by atoms with Gasteiger partial charge >= 0.3 is 0 Å². The van der Waals surface area contributed by atoms with Crippen LogP contribution < -0.4 is 5.32 Å². The number of aromatic nitrogens is 2. The zero-order chi connectivity index (χ0) is 13.0. The molecule has 0 aromatic carbocycles. The Kier molecular flexibility index (Phi) is 4.52. The summed E-state index contributed by atoms with van der Waals surface area (Å²) in [6, 6.07) is 0. The average Bonchev–Trinajstić information content (AvgIpc) is 2.72. The second kappa shape index (κ2) is 5.94. The summed E-state index contributed by atoms with van der Waals surface area (Å²) in [7, 11) is -2.76. The van der Waals surface area contributed by atoms with Crippen molar-refractivity contribution in [1.82, 2.24) is 15.1 Å². The van der Waals surface area contributed by atoms with Crippen LogP contribution in [-0.4, -0.2) is 61.2 Å². The second-order valence-corrected chi connectivity index (χ2v) is 7.89. The number of hydrogen-bond acceptors (Lipinski definition) is 7. The Hall–Kier alpha value is -0.730. The minimum absolute atomic E-state index is 0.302. The Bertz CT molecular complexity index is 472. The van der Waals surface area contributed by atoms with Crippen molar-refractivity contribution < 1.29 is 8.42 Å². The van der Waals surface area contributed by atoms with Gasteiger partial charge in [0.2, 0.25) is 5.13 Å². The van der Waals surface area contributed by atoms with Gasteiger partial charge in [-0.05, 0) is 19.9 Å². The summed E-state index contributed by atoms with van der Waals surface area (Å²) >= 11 is 1.55. The first-order valence-electron chi connectivity index (χ1n) is 6.02. The molecule has 0 saturated carbocycles. The Morgan fingerprint density at radius 3 is 2.67 bits per heavy atom. The van der Waals surface area contributed by atoms with Gasteiger partial charge in [0.05, 0.1) is 11.5 Å². The van der Waals surface area contributed by atoms with Crippen LogP contribution in [0.3, 0.4) is 0 Å². The van der Waals surface area contributed by atoms with Crippen LogP contribution in [0.5, 0.6) is 0 Å². The highest BCUT2D eigenvalue weighted by molar-refractivity contribution is 7.91. The van der Waals surface area contributed by atoms with Crippen LogP contribution in [0.25, 0.3) is 0 Å². The SMILES string of the molecule is Cc1nnc(NCCCN2CCS(=O)(=O)CC2)s1. The number of sulfone groups is 1.